The molecule has 0 radical (unpaired) electrons. The number of thioether (sulfide) groups is 1. The maximum absolute atomic E-state index is 14.0. The van der Waals surface area contributed by atoms with Crippen LogP contribution in [0, 0.1) is 11.8 Å². The Morgan fingerprint density at radius 3 is 2.73 bits per heavy atom. The summed E-state index contributed by atoms with van der Waals surface area (Å²) in [5, 5.41) is 9.23. The van der Waals surface area contributed by atoms with Crippen molar-refractivity contribution in [2.45, 2.75) is 35.4 Å². The molecule has 1 aromatic carbocycles. The van der Waals surface area contributed by atoms with E-state index in [4.69, 9.17) is 4.74 Å². The van der Waals surface area contributed by atoms with Gasteiger partial charge in [0.05, 0.1) is 23.2 Å². The zero-order chi connectivity index (χ0) is 23.0. The number of amides is 2. The summed E-state index contributed by atoms with van der Waals surface area (Å²) in [6.07, 6.45) is 9.01. The van der Waals surface area contributed by atoms with E-state index in [-0.39, 0.29) is 36.2 Å². The van der Waals surface area contributed by atoms with Crippen LogP contribution < -0.4 is 0 Å². The van der Waals surface area contributed by atoms with Crippen LogP contribution in [0.2, 0.25) is 0 Å². The first-order valence-corrected chi connectivity index (χ1v) is 12.4. The number of esters is 1. The fourth-order valence-corrected chi connectivity index (χ4v) is 7.58. The Morgan fingerprint density at radius 1 is 1.12 bits per heavy atom. The summed E-state index contributed by atoms with van der Waals surface area (Å²) in [5.41, 5.74) is 1.02. The molecule has 4 aliphatic heterocycles. The molecule has 4 heterocycles. The van der Waals surface area contributed by atoms with Crippen molar-refractivity contribution in [3.05, 3.63) is 60.2 Å². The largest absolute Gasteiger partial charge is 0.465 e. The highest BCUT2D eigenvalue weighted by Crippen LogP contribution is 2.60. The van der Waals surface area contributed by atoms with Gasteiger partial charge in [-0.1, -0.05) is 54.6 Å². The van der Waals surface area contributed by atoms with Gasteiger partial charge in [0.2, 0.25) is 11.8 Å². The van der Waals surface area contributed by atoms with E-state index in [1.54, 1.807) is 21.6 Å². The minimum atomic E-state index is -0.835. The first-order valence-electron chi connectivity index (χ1n) is 11.5. The molecular formula is C25H28N2O5S. The van der Waals surface area contributed by atoms with E-state index in [9.17, 15) is 19.5 Å². The van der Waals surface area contributed by atoms with Crippen LogP contribution in [0.1, 0.15) is 18.4 Å². The average molecular weight is 469 g/mol. The highest BCUT2D eigenvalue weighted by Gasteiger charge is 2.70. The lowest BCUT2D eigenvalue weighted by Crippen LogP contribution is -2.53. The molecular weight excluding hydrogens is 440 g/mol. The Bertz CT molecular complexity index is 996. The number of fused-ring (bicyclic) bond motifs is 2. The average Bonchev–Trinajstić information content (AvgIpc) is 3.19. The molecule has 1 unspecified atom stereocenters. The van der Waals surface area contributed by atoms with Gasteiger partial charge < -0.3 is 19.6 Å². The van der Waals surface area contributed by atoms with Crippen LogP contribution in [-0.2, 0) is 25.7 Å². The SMILES string of the molecule is O=C1OCCC=C[C@@H]2S[C@]34C=CCN(Cc5ccccc5)C(=O)C3N(CCCO)C(=O)[C@@H]4[C@H]12. The molecule has 0 aromatic heterocycles. The topological polar surface area (TPSA) is 87.2 Å². The molecule has 0 saturated carbocycles. The van der Waals surface area contributed by atoms with E-state index in [1.165, 1.54) is 0 Å². The Hall–Kier alpha value is -2.58. The van der Waals surface area contributed by atoms with Gasteiger partial charge in [-0.05, 0) is 18.4 Å². The van der Waals surface area contributed by atoms with E-state index in [2.05, 4.69) is 0 Å². The molecule has 7 nitrogen and oxygen atoms in total. The number of benzene rings is 1. The van der Waals surface area contributed by atoms with Crippen LogP contribution in [0.25, 0.3) is 0 Å². The second-order valence-electron chi connectivity index (χ2n) is 8.94. The number of aliphatic hydroxyl groups is 1. The lowest BCUT2D eigenvalue weighted by molar-refractivity contribution is -0.153. The van der Waals surface area contributed by atoms with Gasteiger partial charge in [-0.15, -0.1) is 11.8 Å². The highest BCUT2D eigenvalue weighted by molar-refractivity contribution is 8.02. The zero-order valence-electron chi connectivity index (χ0n) is 18.3. The van der Waals surface area contributed by atoms with Crippen LogP contribution in [0.15, 0.2) is 54.6 Å². The van der Waals surface area contributed by atoms with Crippen molar-refractivity contribution in [1.29, 1.82) is 0 Å². The quantitative estimate of drug-likeness (QED) is 0.524. The smallest absolute Gasteiger partial charge is 0.311 e. The van der Waals surface area contributed by atoms with Gasteiger partial charge in [-0.2, -0.15) is 0 Å². The molecule has 0 aliphatic carbocycles. The number of hydrogen-bond acceptors (Lipinski definition) is 6. The monoisotopic (exact) mass is 468 g/mol. The van der Waals surface area contributed by atoms with Gasteiger partial charge in [0, 0.05) is 31.5 Å². The van der Waals surface area contributed by atoms with Gasteiger partial charge in [0.1, 0.15) is 6.04 Å². The van der Waals surface area contributed by atoms with Crippen molar-refractivity contribution in [2.24, 2.45) is 11.8 Å². The lowest BCUT2D eigenvalue weighted by Gasteiger charge is -2.35. The maximum Gasteiger partial charge on any atom is 0.311 e. The van der Waals surface area contributed by atoms with E-state index < -0.39 is 22.6 Å². The van der Waals surface area contributed by atoms with Gasteiger partial charge in [-0.3, -0.25) is 14.4 Å². The van der Waals surface area contributed by atoms with Crippen LogP contribution in [0.3, 0.4) is 0 Å². The predicted molar refractivity (Wildman–Crippen MR) is 124 cm³/mol. The molecule has 1 aromatic rings. The third-order valence-electron chi connectivity index (χ3n) is 6.98. The Balaban J connectivity index is 1.55. The molecule has 0 bridgehead atoms. The van der Waals surface area contributed by atoms with Crippen LogP contribution in [0.4, 0.5) is 0 Å². The third-order valence-corrected chi connectivity index (χ3v) is 8.72. The molecule has 174 valence electrons. The molecule has 2 amide bonds. The summed E-state index contributed by atoms with van der Waals surface area (Å²) >= 11 is 1.54. The molecule has 5 rings (SSSR count). The Kier molecular flexibility index (Phi) is 6.05. The Labute approximate surface area is 197 Å². The van der Waals surface area contributed by atoms with Gasteiger partial charge in [0.25, 0.3) is 0 Å². The summed E-state index contributed by atoms with van der Waals surface area (Å²) < 4.78 is 4.64. The van der Waals surface area contributed by atoms with E-state index in [0.29, 0.717) is 32.5 Å². The Morgan fingerprint density at radius 2 is 1.94 bits per heavy atom. The summed E-state index contributed by atoms with van der Waals surface area (Å²) in [7, 11) is 0. The third kappa shape index (κ3) is 3.69. The van der Waals surface area contributed by atoms with Crippen molar-refractivity contribution in [2.75, 3.05) is 26.3 Å². The van der Waals surface area contributed by atoms with Crippen LogP contribution in [0.5, 0.6) is 0 Å². The molecule has 1 spiro atoms. The fraction of sp³-hybridized carbons (Fsp3) is 0.480. The van der Waals surface area contributed by atoms with Crippen molar-refractivity contribution >= 4 is 29.5 Å². The summed E-state index contributed by atoms with van der Waals surface area (Å²) in [6, 6.07) is 9.07. The molecule has 2 fully saturated rings. The first kappa shape index (κ1) is 22.2. The number of hydrogen-bond donors (Lipinski definition) is 1. The summed E-state index contributed by atoms with van der Waals surface area (Å²) in [5.74, 6) is -1.96. The fourth-order valence-electron chi connectivity index (χ4n) is 5.58. The van der Waals surface area contributed by atoms with E-state index in [0.717, 1.165) is 5.56 Å². The van der Waals surface area contributed by atoms with Crippen molar-refractivity contribution in [1.82, 2.24) is 9.80 Å². The number of cyclic esters (lactones) is 1. The van der Waals surface area contributed by atoms with Crippen LogP contribution >= 0.6 is 11.8 Å². The number of carbonyl (C=O) groups excluding carboxylic acids is 3. The molecule has 2 saturated heterocycles. The van der Waals surface area contributed by atoms with Crippen LogP contribution in [-0.4, -0.2) is 75.0 Å². The molecule has 33 heavy (non-hydrogen) atoms. The molecule has 4 aliphatic rings. The van der Waals surface area contributed by atoms with Crippen molar-refractivity contribution < 1.29 is 24.2 Å². The highest BCUT2D eigenvalue weighted by atomic mass is 32.2. The van der Waals surface area contributed by atoms with Gasteiger partial charge in [0.15, 0.2) is 0 Å². The number of ether oxygens (including phenoxy) is 1. The normalized spacial score (nSPS) is 33.2. The molecule has 1 N–H and O–H groups in total. The zero-order valence-corrected chi connectivity index (χ0v) is 19.2. The summed E-state index contributed by atoms with van der Waals surface area (Å²) in [4.78, 5) is 44.2. The predicted octanol–water partition coefficient (Wildman–Crippen LogP) is 1.77. The van der Waals surface area contributed by atoms with Crippen molar-refractivity contribution in [3.63, 3.8) is 0 Å². The standard InChI is InChI=1S/C25H28N2O5S/c28-14-7-13-27-21-23(30)26(16-17-8-2-1-3-9-17)12-6-11-25(21)20(22(27)29)19-18(33-25)10-4-5-15-32-24(19)31/h1-4,6,8-11,18-21,28H,5,7,12-16H2/t18-,19+,20-,21?,25-/m0/s1. The number of likely N-dealkylation sites (tertiary alicyclic amines) is 1. The van der Waals surface area contributed by atoms with E-state index in [1.807, 2.05) is 54.6 Å². The summed E-state index contributed by atoms with van der Waals surface area (Å²) in [6.45, 7) is 1.39. The van der Waals surface area contributed by atoms with E-state index >= 15 is 0 Å². The second-order valence-corrected chi connectivity index (χ2v) is 10.4. The number of aliphatic hydroxyl groups excluding tert-OH is 1. The molecule has 5 atom stereocenters. The number of carbonyl (C=O) groups is 3. The number of nitrogens with zero attached hydrogens (tertiary/aromatic N) is 2. The lowest BCUT2D eigenvalue weighted by atomic mass is 9.78. The van der Waals surface area contributed by atoms with Crippen molar-refractivity contribution in [3.8, 4) is 0 Å². The number of rotatable bonds is 5. The second kappa shape index (κ2) is 8.99. The first-order chi connectivity index (χ1) is 16.1. The minimum absolute atomic E-state index is 0.0735. The maximum atomic E-state index is 14.0. The van der Waals surface area contributed by atoms with Gasteiger partial charge in [-0.25, -0.2) is 0 Å². The minimum Gasteiger partial charge on any atom is -0.465 e. The van der Waals surface area contributed by atoms with Gasteiger partial charge >= 0.3 is 5.97 Å². The molecule has 8 heteroatoms.